The molecule has 1 atom stereocenters. The Morgan fingerprint density at radius 1 is 1.43 bits per heavy atom. The highest BCUT2D eigenvalue weighted by atomic mass is 35.5. The van der Waals surface area contributed by atoms with Gasteiger partial charge in [-0.1, -0.05) is 16.8 Å². The second kappa shape index (κ2) is 6.13. The van der Waals surface area contributed by atoms with Gasteiger partial charge in [0, 0.05) is 10.6 Å². The van der Waals surface area contributed by atoms with E-state index in [0.29, 0.717) is 23.3 Å². The molecule has 0 spiro atoms. The molecule has 6 heteroatoms. The van der Waals surface area contributed by atoms with Crippen molar-refractivity contribution in [1.29, 1.82) is 0 Å². The molecule has 0 fully saturated rings. The highest BCUT2D eigenvalue weighted by Gasteiger charge is 2.28. The van der Waals surface area contributed by atoms with Gasteiger partial charge in [0.05, 0.1) is 12.7 Å². The first kappa shape index (κ1) is 15.9. The van der Waals surface area contributed by atoms with Crippen LogP contribution in [0.15, 0.2) is 22.7 Å². The van der Waals surface area contributed by atoms with Gasteiger partial charge in [-0.3, -0.25) is 0 Å². The first-order chi connectivity index (χ1) is 9.79. The lowest BCUT2D eigenvalue weighted by atomic mass is 10.0. The second-order valence-electron chi connectivity index (χ2n) is 5.66. The Kier molecular flexibility index (Phi) is 4.66. The minimum atomic E-state index is -0.799. The largest absolute Gasteiger partial charge is 0.376 e. The molecule has 1 unspecified atom stereocenters. The summed E-state index contributed by atoms with van der Waals surface area (Å²) in [7, 11) is 0. The van der Waals surface area contributed by atoms with Crippen molar-refractivity contribution in [3.63, 3.8) is 0 Å². The molecule has 1 heterocycles. The number of aryl methyl sites for hydroxylation is 1. The summed E-state index contributed by atoms with van der Waals surface area (Å²) >= 11 is 5.95. The van der Waals surface area contributed by atoms with Gasteiger partial charge in [0.15, 0.2) is 5.82 Å². The first-order valence-electron chi connectivity index (χ1n) is 6.81. The fraction of sp³-hybridized carbons (Fsp3) is 0.467. The molecule has 0 aliphatic heterocycles. The van der Waals surface area contributed by atoms with Crippen molar-refractivity contribution in [2.75, 3.05) is 6.61 Å². The van der Waals surface area contributed by atoms with Crippen LogP contribution >= 0.6 is 11.6 Å². The van der Waals surface area contributed by atoms with E-state index in [2.05, 4.69) is 10.1 Å². The number of nitrogens with zero attached hydrogens (tertiary/aromatic N) is 2. The van der Waals surface area contributed by atoms with E-state index in [4.69, 9.17) is 26.6 Å². The summed E-state index contributed by atoms with van der Waals surface area (Å²) in [5.41, 5.74) is 7.22. The molecular formula is C15H20ClN3O2. The molecule has 21 heavy (non-hydrogen) atoms. The number of halogens is 1. The smallest absolute Gasteiger partial charge is 0.258 e. The van der Waals surface area contributed by atoms with Crippen molar-refractivity contribution in [3.05, 3.63) is 34.6 Å². The molecule has 114 valence electrons. The van der Waals surface area contributed by atoms with Crippen LogP contribution in [0.4, 0.5) is 0 Å². The van der Waals surface area contributed by atoms with E-state index in [1.165, 1.54) is 0 Å². The summed E-state index contributed by atoms with van der Waals surface area (Å²) in [5, 5.41) is 4.65. The number of hydrogen-bond acceptors (Lipinski definition) is 5. The minimum Gasteiger partial charge on any atom is -0.376 e. The normalized spacial score (nSPS) is 14.4. The van der Waals surface area contributed by atoms with Crippen molar-refractivity contribution < 1.29 is 9.26 Å². The molecule has 2 rings (SSSR count). The van der Waals surface area contributed by atoms with Gasteiger partial charge in [-0.25, -0.2) is 0 Å². The van der Waals surface area contributed by atoms with Gasteiger partial charge >= 0.3 is 0 Å². The Morgan fingerprint density at radius 3 is 2.76 bits per heavy atom. The number of ether oxygens (including phenoxy) is 1. The lowest BCUT2D eigenvalue weighted by Gasteiger charge is -2.21. The van der Waals surface area contributed by atoms with Crippen molar-refractivity contribution in [2.45, 2.75) is 39.3 Å². The summed E-state index contributed by atoms with van der Waals surface area (Å²) in [5.74, 6) is 0.855. The maximum absolute atomic E-state index is 6.21. The third-order valence-electron chi connectivity index (χ3n) is 3.07. The average Bonchev–Trinajstić information content (AvgIpc) is 2.86. The Balaban J connectivity index is 2.25. The number of hydrogen-bond donors (Lipinski definition) is 1. The maximum atomic E-state index is 6.21. The fourth-order valence-corrected chi connectivity index (χ4v) is 2.06. The quantitative estimate of drug-likeness (QED) is 0.917. The maximum Gasteiger partial charge on any atom is 0.258 e. The van der Waals surface area contributed by atoms with Gasteiger partial charge in [0.2, 0.25) is 0 Å². The van der Waals surface area contributed by atoms with E-state index in [0.717, 1.165) is 11.1 Å². The molecule has 0 aliphatic carbocycles. The molecule has 0 radical (unpaired) electrons. The van der Waals surface area contributed by atoms with Crippen LogP contribution in [-0.4, -0.2) is 22.9 Å². The predicted molar refractivity (Wildman–Crippen MR) is 82.1 cm³/mol. The predicted octanol–water partition coefficient (Wildman–Crippen LogP) is 3.30. The van der Waals surface area contributed by atoms with E-state index >= 15 is 0 Å². The third-order valence-corrected chi connectivity index (χ3v) is 3.31. The standard InChI is InChI=1S/C15H20ClN3O2/c1-9(2)20-8-15(4,17)14-18-13(21-19-14)12-6-5-11(16)7-10(12)3/h5-7,9H,8,17H2,1-4H3. The van der Waals surface area contributed by atoms with Crippen LogP contribution in [0, 0.1) is 6.92 Å². The summed E-state index contributed by atoms with van der Waals surface area (Å²) in [6, 6.07) is 5.50. The van der Waals surface area contributed by atoms with Crippen molar-refractivity contribution in [3.8, 4) is 11.5 Å². The van der Waals surface area contributed by atoms with Crippen molar-refractivity contribution in [2.24, 2.45) is 5.73 Å². The van der Waals surface area contributed by atoms with Crippen LogP contribution in [0.1, 0.15) is 32.2 Å². The number of aromatic nitrogens is 2. The molecule has 2 aromatic rings. The molecule has 0 saturated heterocycles. The molecular weight excluding hydrogens is 290 g/mol. The highest BCUT2D eigenvalue weighted by Crippen LogP contribution is 2.26. The number of rotatable bonds is 5. The molecule has 0 amide bonds. The van der Waals surface area contributed by atoms with Gasteiger partial charge in [-0.2, -0.15) is 4.98 Å². The molecule has 0 saturated carbocycles. The average molecular weight is 310 g/mol. The fourth-order valence-electron chi connectivity index (χ4n) is 1.84. The summed E-state index contributed by atoms with van der Waals surface area (Å²) < 4.78 is 10.9. The van der Waals surface area contributed by atoms with Crippen LogP contribution in [0.5, 0.6) is 0 Å². The molecule has 1 aromatic heterocycles. The number of nitrogens with two attached hydrogens (primary N) is 1. The highest BCUT2D eigenvalue weighted by molar-refractivity contribution is 6.30. The SMILES string of the molecule is Cc1cc(Cl)ccc1-c1nc(C(C)(N)COC(C)C)no1. The van der Waals surface area contributed by atoms with E-state index in [1.807, 2.05) is 39.8 Å². The summed E-state index contributed by atoms with van der Waals surface area (Å²) in [6.45, 7) is 7.99. The zero-order valence-corrected chi connectivity index (χ0v) is 13.4. The Bertz CT molecular complexity index is 623. The van der Waals surface area contributed by atoms with Crippen LogP contribution in [-0.2, 0) is 10.3 Å². The van der Waals surface area contributed by atoms with E-state index < -0.39 is 5.54 Å². The molecule has 2 N–H and O–H groups in total. The van der Waals surface area contributed by atoms with Gasteiger partial charge in [-0.05, 0) is 51.5 Å². The molecule has 0 bridgehead atoms. The molecule has 5 nitrogen and oxygen atoms in total. The van der Waals surface area contributed by atoms with Gasteiger partial charge in [-0.15, -0.1) is 0 Å². The Hall–Kier alpha value is -1.43. The number of benzene rings is 1. The lowest BCUT2D eigenvalue weighted by Crippen LogP contribution is -2.40. The monoisotopic (exact) mass is 309 g/mol. The van der Waals surface area contributed by atoms with Crippen molar-refractivity contribution in [1.82, 2.24) is 10.1 Å². The Labute approximate surface area is 129 Å². The van der Waals surface area contributed by atoms with Gasteiger partial charge < -0.3 is 15.0 Å². The van der Waals surface area contributed by atoms with Gasteiger partial charge in [0.25, 0.3) is 5.89 Å². The van der Waals surface area contributed by atoms with E-state index in [9.17, 15) is 0 Å². The van der Waals surface area contributed by atoms with Crippen LogP contribution in [0.3, 0.4) is 0 Å². The van der Waals surface area contributed by atoms with Crippen LogP contribution < -0.4 is 5.73 Å². The van der Waals surface area contributed by atoms with E-state index in [-0.39, 0.29) is 6.10 Å². The lowest BCUT2D eigenvalue weighted by molar-refractivity contribution is 0.0410. The first-order valence-corrected chi connectivity index (χ1v) is 7.18. The molecule has 1 aromatic carbocycles. The third kappa shape index (κ3) is 3.81. The molecule has 0 aliphatic rings. The van der Waals surface area contributed by atoms with Crippen LogP contribution in [0.2, 0.25) is 5.02 Å². The summed E-state index contributed by atoms with van der Waals surface area (Å²) in [4.78, 5) is 4.39. The van der Waals surface area contributed by atoms with Crippen molar-refractivity contribution >= 4 is 11.6 Å². The van der Waals surface area contributed by atoms with Crippen LogP contribution in [0.25, 0.3) is 11.5 Å². The zero-order chi connectivity index (χ0) is 15.6. The topological polar surface area (TPSA) is 74.2 Å². The Morgan fingerprint density at radius 2 is 2.14 bits per heavy atom. The minimum absolute atomic E-state index is 0.0951. The second-order valence-corrected chi connectivity index (χ2v) is 6.10. The van der Waals surface area contributed by atoms with Gasteiger partial charge in [0.1, 0.15) is 5.54 Å². The van der Waals surface area contributed by atoms with E-state index in [1.54, 1.807) is 6.07 Å². The summed E-state index contributed by atoms with van der Waals surface area (Å²) in [6.07, 6.45) is 0.0951. The zero-order valence-electron chi connectivity index (χ0n) is 12.7.